The standard InChI is InChI=1S/C6H10N2.C2H6.H2/c7-5-6(8)3-1-2-4-6;1-2;/h1-4,8H2;1-2H3;1H. The maximum atomic E-state index is 8.45. The van der Waals surface area contributed by atoms with Crippen molar-refractivity contribution < 1.29 is 1.43 Å². The SMILES string of the molecule is CC.N#CC1(N)CCCC1.[HH]. The molecule has 0 aromatic heterocycles. The van der Waals surface area contributed by atoms with E-state index in [0.717, 1.165) is 25.7 Å². The highest BCUT2D eigenvalue weighted by Crippen LogP contribution is 2.25. The van der Waals surface area contributed by atoms with Crippen LogP contribution in [0.1, 0.15) is 41.0 Å². The maximum absolute atomic E-state index is 8.45. The molecule has 0 heterocycles. The minimum Gasteiger partial charge on any atom is -0.313 e. The predicted molar refractivity (Wildman–Crippen MR) is 44.5 cm³/mol. The molecule has 0 saturated heterocycles. The first-order valence-electron chi connectivity index (χ1n) is 3.97. The monoisotopic (exact) mass is 142 g/mol. The first kappa shape index (κ1) is 9.45. The Morgan fingerprint density at radius 3 is 2.00 bits per heavy atom. The van der Waals surface area contributed by atoms with Crippen molar-refractivity contribution in [1.82, 2.24) is 0 Å². The summed E-state index contributed by atoms with van der Waals surface area (Å²) in [6.45, 7) is 4.00. The first-order valence-corrected chi connectivity index (χ1v) is 3.97. The molecule has 2 N–H and O–H groups in total. The Hall–Kier alpha value is -0.550. The van der Waals surface area contributed by atoms with Crippen molar-refractivity contribution in [3.63, 3.8) is 0 Å². The molecular weight excluding hydrogens is 124 g/mol. The second kappa shape index (κ2) is 4.29. The van der Waals surface area contributed by atoms with Gasteiger partial charge in [0.25, 0.3) is 0 Å². The van der Waals surface area contributed by atoms with Gasteiger partial charge in [0.15, 0.2) is 0 Å². The van der Waals surface area contributed by atoms with Crippen molar-refractivity contribution in [2.45, 2.75) is 45.1 Å². The van der Waals surface area contributed by atoms with E-state index in [0.29, 0.717) is 0 Å². The molecule has 1 saturated carbocycles. The van der Waals surface area contributed by atoms with Crippen molar-refractivity contribution >= 4 is 0 Å². The highest BCUT2D eigenvalue weighted by atomic mass is 14.7. The second-order valence-electron chi connectivity index (χ2n) is 2.48. The average molecular weight is 142 g/mol. The van der Waals surface area contributed by atoms with Gasteiger partial charge in [-0.15, -0.1) is 0 Å². The Balaban J connectivity index is 0. The molecule has 60 valence electrons. The summed E-state index contributed by atoms with van der Waals surface area (Å²) in [5, 5.41) is 8.45. The van der Waals surface area contributed by atoms with Gasteiger partial charge in [-0.2, -0.15) is 5.26 Å². The van der Waals surface area contributed by atoms with E-state index >= 15 is 0 Å². The first-order chi connectivity index (χ1) is 4.77. The third kappa shape index (κ3) is 2.36. The summed E-state index contributed by atoms with van der Waals surface area (Å²) in [5.74, 6) is 0. The van der Waals surface area contributed by atoms with E-state index in [1.165, 1.54) is 0 Å². The van der Waals surface area contributed by atoms with E-state index in [1.54, 1.807) is 0 Å². The molecule has 0 bridgehead atoms. The number of nitriles is 1. The van der Waals surface area contributed by atoms with Crippen LogP contribution >= 0.6 is 0 Å². The molecule has 2 nitrogen and oxygen atoms in total. The number of hydrogen-bond acceptors (Lipinski definition) is 2. The summed E-state index contributed by atoms with van der Waals surface area (Å²) in [6, 6.07) is 2.12. The van der Waals surface area contributed by atoms with Gasteiger partial charge in [0.05, 0.1) is 6.07 Å². The van der Waals surface area contributed by atoms with Gasteiger partial charge in [0.2, 0.25) is 0 Å². The zero-order chi connectivity index (χ0) is 8.04. The second-order valence-corrected chi connectivity index (χ2v) is 2.48. The number of rotatable bonds is 0. The van der Waals surface area contributed by atoms with Crippen LogP contribution < -0.4 is 5.73 Å². The Labute approximate surface area is 64.5 Å². The van der Waals surface area contributed by atoms with Crippen molar-refractivity contribution in [3.8, 4) is 6.07 Å². The van der Waals surface area contributed by atoms with Crippen molar-refractivity contribution in [2.24, 2.45) is 5.73 Å². The summed E-state index contributed by atoms with van der Waals surface area (Å²) < 4.78 is 0. The number of nitrogens with zero attached hydrogens (tertiary/aromatic N) is 1. The van der Waals surface area contributed by atoms with Crippen molar-refractivity contribution in [3.05, 3.63) is 0 Å². The Bertz CT molecular complexity index is 123. The van der Waals surface area contributed by atoms with Crippen molar-refractivity contribution in [1.29, 1.82) is 5.26 Å². The van der Waals surface area contributed by atoms with Gasteiger partial charge in [-0.05, 0) is 12.8 Å². The maximum Gasteiger partial charge on any atom is 0.104 e. The largest absolute Gasteiger partial charge is 0.313 e. The third-order valence-electron chi connectivity index (χ3n) is 1.72. The third-order valence-corrected chi connectivity index (χ3v) is 1.72. The highest BCUT2D eigenvalue weighted by molar-refractivity contribution is 5.07. The molecule has 0 atom stereocenters. The van der Waals surface area contributed by atoms with Crippen molar-refractivity contribution in [2.75, 3.05) is 0 Å². The molecule has 10 heavy (non-hydrogen) atoms. The van der Waals surface area contributed by atoms with Crippen LogP contribution in [0, 0.1) is 11.3 Å². The van der Waals surface area contributed by atoms with E-state index in [9.17, 15) is 0 Å². The quantitative estimate of drug-likeness (QED) is 0.562. The van der Waals surface area contributed by atoms with Gasteiger partial charge in [0, 0.05) is 1.43 Å². The van der Waals surface area contributed by atoms with Crippen LogP contribution in [-0.4, -0.2) is 5.54 Å². The Morgan fingerprint density at radius 1 is 1.40 bits per heavy atom. The zero-order valence-corrected chi connectivity index (χ0v) is 6.85. The van der Waals surface area contributed by atoms with Crippen LogP contribution in [0.5, 0.6) is 0 Å². The molecule has 0 aromatic carbocycles. The zero-order valence-electron chi connectivity index (χ0n) is 6.85. The molecular formula is C8H18N2. The summed E-state index contributed by atoms with van der Waals surface area (Å²) in [6.07, 6.45) is 4.04. The molecule has 0 radical (unpaired) electrons. The van der Waals surface area contributed by atoms with Crippen LogP contribution in [0.4, 0.5) is 0 Å². The summed E-state index contributed by atoms with van der Waals surface area (Å²) in [4.78, 5) is 0. The lowest BCUT2D eigenvalue weighted by Crippen LogP contribution is -2.33. The fourth-order valence-electron chi connectivity index (χ4n) is 1.12. The fourth-order valence-corrected chi connectivity index (χ4v) is 1.12. The van der Waals surface area contributed by atoms with Gasteiger partial charge in [-0.3, -0.25) is 0 Å². The molecule has 2 heteroatoms. The fraction of sp³-hybridized carbons (Fsp3) is 0.875. The van der Waals surface area contributed by atoms with E-state index < -0.39 is 5.54 Å². The average Bonchev–Trinajstić information content (AvgIpc) is 2.42. The van der Waals surface area contributed by atoms with E-state index in [-0.39, 0.29) is 1.43 Å². The highest BCUT2D eigenvalue weighted by Gasteiger charge is 2.28. The lowest BCUT2D eigenvalue weighted by atomic mass is 10.0. The van der Waals surface area contributed by atoms with Gasteiger partial charge < -0.3 is 5.73 Å². The Morgan fingerprint density at radius 2 is 1.80 bits per heavy atom. The molecule has 1 fully saturated rings. The van der Waals surface area contributed by atoms with Crippen LogP contribution in [0.25, 0.3) is 0 Å². The lowest BCUT2D eigenvalue weighted by molar-refractivity contribution is 0.564. The van der Waals surface area contributed by atoms with E-state index in [4.69, 9.17) is 11.0 Å². The summed E-state index contributed by atoms with van der Waals surface area (Å²) in [5.41, 5.74) is 5.14. The van der Waals surface area contributed by atoms with Gasteiger partial charge >= 0.3 is 0 Å². The molecule has 1 aliphatic rings. The minimum atomic E-state index is -0.458. The lowest BCUT2D eigenvalue weighted by Gasteiger charge is -2.10. The molecule has 0 aromatic rings. The predicted octanol–water partition coefficient (Wildman–Crippen LogP) is 2.05. The molecule has 1 aliphatic carbocycles. The molecule has 0 spiro atoms. The number of nitrogens with two attached hydrogens (primary N) is 1. The van der Waals surface area contributed by atoms with E-state index in [1.807, 2.05) is 13.8 Å². The normalized spacial score (nSPS) is 20.6. The summed E-state index contributed by atoms with van der Waals surface area (Å²) >= 11 is 0. The molecule has 0 aliphatic heterocycles. The Kier molecular flexibility index (Phi) is 4.06. The van der Waals surface area contributed by atoms with Gasteiger partial charge in [-0.1, -0.05) is 26.7 Å². The minimum absolute atomic E-state index is 0. The topological polar surface area (TPSA) is 49.8 Å². The molecule has 1 rings (SSSR count). The van der Waals surface area contributed by atoms with Gasteiger partial charge in [-0.25, -0.2) is 0 Å². The summed E-state index contributed by atoms with van der Waals surface area (Å²) in [7, 11) is 0. The molecule has 0 amide bonds. The smallest absolute Gasteiger partial charge is 0.104 e. The van der Waals surface area contributed by atoms with Gasteiger partial charge in [0.1, 0.15) is 5.54 Å². The van der Waals surface area contributed by atoms with E-state index in [2.05, 4.69) is 6.07 Å². The van der Waals surface area contributed by atoms with Crippen LogP contribution in [-0.2, 0) is 0 Å². The van der Waals surface area contributed by atoms with Crippen LogP contribution in [0.15, 0.2) is 0 Å². The molecule has 0 unspecified atom stereocenters. The van der Waals surface area contributed by atoms with Crippen LogP contribution in [0.2, 0.25) is 0 Å². The number of hydrogen-bond donors (Lipinski definition) is 1. The van der Waals surface area contributed by atoms with Crippen LogP contribution in [0.3, 0.4) is 0 Å².